The first kappa shape index (κ1) is 12.4. The average molecular weight is 253 g/mol. The third-order valence-electron chi connectivity index (χ3n) is 2.27. The fraction of sp³-hybridized carbons (Fsp3) is 0.154. The first-order chi connectivity index (χ1) is 8.44. The highest BCUT2D eigenvalue weighted by Crippen LogP contribution is 2.25. The highest BCUT2D eigenvalue weighted by atomic mass is 19.4. The van der Waals surface area contributed by atoms with Crippen molar-refractivity contribution in [2.45, 2.75) is 13.3 Å². The number of aromatic nitrogens is 1. The van der Waals surface area contributed by atoms with Gasteiger partial charge in [-0.2, -0.15) is 0 Å². The molecule has 2 rings (SSSR count). The number of rotatable bonds is 2. The van der Waals surface area contributed by atoms with Gasteiger partial charge in [0.15, 0.2) is 0 Å². The van der Waals surface area contributed by atoms with E-state index in [4.69, 9.17) is 0 Å². The van der Waals surface area contributed by atoms with Crippen LogP contribution >= 0.6 is 0 Å². The number of halogens is 3. The van der Waals surface area contributed by atoms with Gasteiger partial charge < -0.3 is 4.74 Å². The van der Waals surface area contributed by atoms with Gasteiger partial charge in [0, 0.05) is 11.3 Å². The van der Waals surface area contributed by atoms with Gasteiger partial charge in [-0.1, -0.05) is 6.07 Å². The minimum Gasteiger partial charge on any atom is -0.406 e. The number of nitrogens with zero attached hydrogens (tertiary/aromatic N) is 1. The Bertz CT molecular complexity index is 535. The summed E-state index contributed by atoms with van der Waals surface area (Å²) in [6.07, 6.45) is -4.66. The van der Waals surface area contributed by atoms with E-state index in [0.717, 1.165) is 11.3 Å². The molecule has 1 heterocycles. The summed E-state index contributed by atoms with van der Waals surface area (Å²) in [7, 11) is 0. The van der Waals surface area contributed by atoms with E-state index in [-0.39, 0.29) is 5.75 Å². The molecule has 2 aromatic rings. The summed E-state index contributed by atoms with van der Waals surface area (Å²) in [6.45, 7) is 1.85. The molecule has 0 aliphatic carbocycles. The first-order valence-corrected chi connectivity index (χ1v) is 5.24. The molecule has 0 bridgehead atoms. The summed E-state index contributed by atoms with van der Waals surface area (Å²) in [5, 5.41) is 0. The van der Waals surface area contributed by atoms with Gasteiger partial charge in [-0.15, -0.1) is 13.2 Å². The maximum absolute atomic E-state index is 12.0. The molecule has 5 heteroatoms. The van der Waals surface area contributed by atoms with Crippen molar-refractivity contribution in [3.8, 4) is 17.0 Å². The van der Waals surface area contributed by atoms with Crippen molar-refractivity contribution in [2.75, 3.05) is 0 Å². The number of pyridine rings is 1. The van der Waals surface area contributed by atoms with Crippen LogP contribution in [0.5, 0.6) is 5.75 Å². The summed E-state index contributed by atoms with van der Waals surface area (Å²) in [5.41, 5.74) is 2.31. The average Bonchev–Trinajstić information content (AvgIpc) is 2.28. The number of aryl methyl sites for hydroxylation is 1. The first-order valence-electron chi connectivity index (χ1n) is 5.24. The SMILES string of the molecule is Cc1cccc(-c2ccc(OC(F)(F)F)cc2)n1. The third-order valence-corrected chi connectivity index (χ3v) is 2.27. The maximum Gasteiger partial charge on any atom is 0.573 e. The molecule has 0 radical (unpaired) electrons. The number of ether oxygens (including phenoxy) is 1. The van der Waals surface area contributed by atoms with Crippen LogP contribution in [0, 0.1) is 6.92 Å². The lowest BCUT2D eigenvalue weighted by Crippen LogP contribution is -2.16. The van der Waals surface area contributed by atoms with Crippen LogP contribution in [0.3, 0.4) is 0 Å². The van der Waals surface area contributed by atoms with E-state index >= 15 is 0 Å². The predicted molar refractivity (Wildman–Crippen MR) is 61.1 cm³/mol. The van der Waals surface area contributed by atoms with Crippen LogP contribution in [0.2, 0.25) is 0 Å². The van der Waals surface area contributed by atoms with Gasteiger partial charge >= 0.3 is 6.36 Å². The van der Waals surface area contributed by atoms with Crippen LogP contribution in [0.25, 0.3) is 11.3 Å². The molecule has 0 saturated carbocycles. The highest BCUT2D eigenvalue weighted by Gasteiger charge is 2.30. The fourth-order valence-electron chi connectivity index (χ4n) is 1.53. The number of benzene rings is 1. The van der Waals surface area contributed by atoms with Gasteiger partial charge in [0.05, 0.1) is 5.69 Å². The number of hydrogen-bond acceptors (Lipinski definition) is 2. The summed E-state index contributed by atoms with van der Waals surface area (Å²) >= 11 is 0. The topological polar surface area (TPSA) is 22.1 Å². The van der Waals surface area contributed by atoms with Gasteiger partial charge in [0.1, 0.15) is 5.75 Å². The minimum absolute atomic E-state index is 0.237. The van der Waals surface area contributed by atoms with Crippen LogP contribution in [0.15, 0.2) is 42.5 Å². The normalized spacial score (nSPS) is 11.3. The molecule has 0 spiro atoms. The molecule has 1 aromatic heterocycles. The largest absolute Gasteiger partial charge is 0.573 e. The number of hydrogen-bond donors (Lipinski definition) is 0. The Morgan fingerprint density at radius 2 is 1.67 bits per heavy atom. The summed E-state index contributed by atoms with van der Waals surface area (Å²) in [5.74, 6) is -0.237. The van der Waals surface area contributed by atoms with Crippen LogP contribution in [0.4, 0.5) is 13.2 Å². The Morgan fingerprint density at radius 1 is 1.00 bits per heavy atom. The lowest BCUT2D eigenvalue weighted by Gasteiger charge is -2.09. The molecule has 0 aliphatic heterocycles. The standard InChI is InChI=1S/C13H10F3NO/c1-9-3-2-4-12(17-9)10-5-7-11(8-6-10)18-13(14,15)16/h2-8H,1H3. The van der Waals surface area contributed by atoms with Crippen LogP contribution < -0.4 is 4.74 Å². The van der Waals surface area contributed by atoms with E-state index < -0.39 is 6.36 Å². The molecule has 0 aliphatic rings. The Labute approximate surface area is 102 Å². The highest BCUT2D eigenvalue weighted by molar-refractivity contribution is 5.60. The van der Waals surface area contributed by atoms with E-state index in [9.17, 15) is 13.2 Å². The summed E-state index contributed by atoms with van der Waals surface area (Å²) in [4.78, 5) is 4.28. The zero-order chi connectivity index (χ0) is 13.2. The van der Waals surface area contributed by atoms with E-state index in [1.807, 2.05) is 19.1 Å². The second-order valence-corrected chi connectivity index (χ2v) is 3.74. The van der Waals surface area contributed by atoms with E-state index in [0.29, 0.717) is 5.69 Å². The molecule has 0 amide bonds. The Morgan fingerprint density at radius 3 is 2.22 bits per heavy atom. The van der Waals surface area contributed by atoms with Crippen molar-refractivity contribution in [3.63, 3.8) is 0 Å². The zero-order valence-corrected chi connectivity index (χ0v) is 9.53. The molecular formula is C13H10F3NO. The molecule has 94 valence electrons. The second kappa shape index (κ2) is 4.68. The molecular weight excluding hydrogens is 243 g/mol. The minimum atomic E-state index is -4.66. The molecule has 18 heavy (non-hydrogen) atoms. The lowest BCUT2D eigenvalue weighted by atomic mass is 10.1. The van der Waals surface area contributed by atoms with Gasteiger partial charge in [-0.05, 0) is 43.3 Å². The Hall–Kier alpha value is -2.04. The van der Waals surface area contributed by atoms with E-state index in [1.54, 1.807) is 18.2 Å². The molecule has 0 unspecified atom stereocenters. The molecule has 0 atom stereocenters. The molecule has 0 N–H and O–H groups in total. The van der Waals surface area contributed by atoms with E-state index in [1.165, 1.54) is 12.1 Å². The van der Waals surface area contributed by atoms with Crippen molar-refractivity contribution < 1.29 is 17.9 Å². The van der Waals surface area contributed by atoms with Crippen molar-refractivity contribution in [1.82, 2.24) is 4.98 Å². The van der Waals surface area contributed by atoms with E-state index in [2.05, 4.69) is 9.72 Å². The van der Waals surface area contributed by atoms with Crippen molar-refractivity contribution >= 4 is 0 Å². The maximum atomic E-state index is 12.0. The Kier molecular flexibility index (Phi) is 3.23. The molecule has 2 nitrogen and oxygen atoms in total. The Balaban J connectivity index is 2.22. The predicted octanol–water partition coefficient (Wildman–Crippen LogP) is 3.96. The van der Waals surface area contributed by atoms with Gasteiger partial charge in [0.2, 0.25) is 0 Å². The zero-order valence-electron chi connectivity index (χ0n) is 9.53. The van der Waals surface area contributed by atoms with Gasteiger partial charge in [-0.3, -0.25) is 4.98 Å². The van der Waals surface area contributed by atoms with Crippen molar-refractivity contribution in [2.24, 2.45) is 0 Å². The number of alkyl halides is 3. The van der Waals surface area contributed by atoms with Crippen molar-refractivity contribution in [1.29, 1.82) is 0 Å². The lowest BCUT2D eigenvalue weighted by molar-refractivity contribution is -0.274. The third kappa shape index (κ3) is 3.23. The molecule has 0 fully saturated rings. The van der Waals surface area contributed by atoms with Crippen molar-refractivity contribution in [3.05, 3.63) is 48.2 Å². The van der Waals surface area contributed by atoms with Gasteiger partial charge in [0.25, 0.3) is 0 Å². The monoisotopic (exact) mass is 253 g/mol. The van der Waals surface area contributed by atoms with Crippen LogP contribution in [-0.2, 0) is 0 Å². The smallest absolute Gasteiger partial charge is 0.406 e. The van der Waals surface area contributed by atoms with Crippen LogP contribution in [0.1, 0.15) is 5.69 Å². The van der Waals surface area contributed by atoms with Gasteiger partial charge in [-0.25, -0.2) is 0 Å². The quantitative estimate of drug-likeness (QED) is 0.808. The molecule has 0 saturated heterocycles. The summed E-state index contributed by atoms with van der Waals surface area (Å²) < 4.78 is 39.7. The van der Waals surface area contributed by atoms with Crippen LogP contribution in [-0.4, -0.2) is 11.3 Å². The molecule has 1 aromatic carbocycles. The second-order valence-electron chi connectivity index (χ2n) is 3.74. The fourth-order valence-corrected chi connectivity index (χ4v) is 1.53. The summed E-state index contributed by atoms with van der Waals surface area (Å²) in [6, 6.07) is 11.1.